The lowest BCUT2D eigenvalue weighted by molar-refractivity contribution is 0.105. The minimum atomic E-state index is 0.508. The smallest absolute Gasteiger partial charge is 0.00394 e. The van der Waals surface area contributed by atoms with E-state index in [1.165, 1.54) is 103 Å². The van der Waals surface area contributed by atoms with Crippen LogP contribution >= 0.6 is 0 Å². The first-order valence-electron chi connectivity index (χ1n) is 11.7. The minimum Gasteiger partial charge on any atom is -0.303 e. The standard InChI is InChI=1S/C24H48N2/c1-22(2)11-7-6-9-17-26-20-15-24(21-26)13-18-25(19-14-24)16-10-8-12-23(3,4)5/h22H,6-21H2,1-5H3. The summed E-state index contributed by atoms with van der Waals surface area (Å²) in [5, 5.41) is 0. The van der Waals surface area contributed by atoms with E-state index in [1.54, 1.807) is 0 Å². The minimum absolute atomic E-state index is 0.508. The summed E-state index contributed by atoms with van der Waals surface area (Å²) in [4.78, 5) is 5.54. The van der Waals surface area contributed by atoms with Crippen LogP contribution in [0.15, 0.2) is 0 Å². The van der Waals surface area contributed by atoms with Gasteiger partial charge in [-0.3, -0.25) is 0 Å². The highest BCUT2D eigenvalue weighted by Gasteiger charge is 2.39. The van der Waals surface area contributed by atoms with E-state index in [2.05, 4.69) is 44.4 Å². The van der Waals surface area contributed by atoms with Crippen LogP contribution in [0.2, 0.25) is 0 Å². The Morgan fingerprint density at radius 3 is 1.96 bits per heavy atom. The molecule has 2 fully saturated rings. The molecule has 0 N–H and O–H groups in total. The molecular weight excluding hydrogens is 316 g/mol. The fourth-order valence-electron chi connectivity index (χ4n) is 4.93. The quantitative estimate of drug-likeness (QED) is 0.425. The highest BCUT2D eigenvalue weighted by molar-refractivity contribution is 4.93. The normalized spacial score (nSPS) is 21.9. The molecule has 2 saturated heterocycles. The summed E-state index contributed by atoms with van der Waals surface area (Å²) in [5.41, 5.74) is 1.19. The molecule has 2 heteroatoms. The third-order valence-electron chi connectivity index (χ3n) is 6.84. The number of nitrogens with zero attached hydrogens (tertiary/aromatic N) is 2. The van der Waals surface area contributed by atoms with Crippen molar-refractivity contribution in [1.82, 2.24) is 9.80 Å². The molecule has 154 valence electrons. The lowest BCUT2D eigenvalue weighted by Gasteiger charge is -2.39. The fraction of sp³-hybridized carbons (Fsp3) is 1.00. The van der Waals surface area contributed by atoms with Gasteiger partial charge in [-0.2, -0.15) is 0 Å². The van der Waals surface area contributed by atoms with E-state index in [0.717, 1.165) is 5.92 Å². The molecule has 1 spiro atoms. The van der Waals surface area contributed by atoms with Gasteiger partial charge in [0.05, 0.1) is 0 Å². The van der Waals surface area contributed by atoms with Crippen LogP contribution in [0, 0.1) is 16.7 Å². The van der Waals surface area contributed by atoms with Gasteiger partial charge >= 0.3 is 0 Å². The molecule has 2 heterocycles. The largest absolute Gasteiger partial charge is 0.303 e. The van der Waals surface area contributed by atoms with Crippen molar-refractivity contribution in [1.29, 1.82) is 0 Å². The second kappa shape index (κ2) is 10.5. The van der Waals surface area contributed by atoms with Crippen LogP contribution in [0.5, 0.6) is 0 Å². The van der Waals surface area contributed by atoms with Crippen molar-refractivity contribution < 1.29 is 0 Å². The molecular formula is C24H48N2. The molecule has 0 bridgehead atoms. The molecule has 0 aromatic rings. The topological polar surface area (TPSA) is 6.48 Å². The van der Waals surface area contributed by atoms with Gasteiger partial charge in [-0.1, -0.05) is 60.3 Å². The van der Waals surface area contributed by atoms with Gasteiger partial charge in [0.2, 0.25) is 0 Å². The van der Waals surface area contributed by atoms with Gasteiger partial charge in [0.15, 0.2) is 0 Å². The van der Waals surface area contributed by atoms with Crippen LogP contribution in [0.4, 0.5) is 0 Å². The van der Waals surface area contributed by atoms with Crippen LogP contribution in [0.25, 0.3) is 0 Å². The third-order valence-corrected chi connectivity index (χ3v) is 6.84. The van der Waals surface area contributed by atoms with Gasteiger partial charge in [-0.05, 0) is 88.0 Å². The maximum absolute atomic E-state index is 2.79. The van der Waals surface area contributed by atoms with Crippen LogP contribution in [-0.4, -0.2) is 49.1 Å². The molecule has 2 nitrogen and oxygen atoms in total. The lowest BCUT2D eigenvalue weighted by Crippen LogP contribution is -2.42. The predicted octanol–water partition coefficient (Wildman–Crippen LogP) is 6.21. The molecule has 2 aliphatic rings. The van der Waals surface area contributed by atoms with Crippen LogP contribution < -0.4 is 0 Å². The van der Waals surface area contributed by atoms with E-state index in [1.807, 2.05) is 0 Å². The van der Waals surface area contributed by atoms with Crippen molar-refractivity contribution in [2.75, 3.05) is 39.3 Å². The SMILES string of the molecule is CC(C)CCCCCN1CCC2(CCN(CCCCC(C)(C)C)CC2)C1. The Bertz CT molecular complexity index is 374. The van der Waals surface area contributed by atoms with Crippen molar-refractivity contribution in [3.8, 4) is 0 Å². The molecule has 0 aromatic heterocycles. The monoisotopic (exact) mass is 364 g/mol. The molecule has 0 aliphatic carbocycles. The molecule has 26 heavy (non-hydrogen) atoms. The summed E-state index contributed by atoms with van der Waals surface area (Å²) in [6.45, 7) is 20.0. The Kier molecular flexibility index (Phi) is 8.94. The third kappa shape index (κ3) is 8.30. The molecule has 0 atom stereocenters. The van der Waals surface area contributed by atoms with Crippen LogP contribution in [0.3, 0.4) is 0 Å². The first-order valence-corrected chi connectivity index (χ1v) is 11.7. The Morgan fingerprint density at radius 1 is 0.769 bits per heavy atom. The second-order valence-corrected chi connectivity index (χ2v) is 11.1. The summed E-state index contributed by atoms with van der Waals surface area (Å²) in [7, 11) is 0. The zero-order valence-corrected chi connectivity index (χ0v) is 18.8. The number of hydrogen-bond donors (Lipinski definition) is 0. The zero-order chi connectivity index (χ0) is 19.0. The summed E-state index contributed by atoms with van der Waals surface area (Å²) in [6.07, 6.45) is 14.2. The van der Waals surface area contributed by atoms with Crippen molar-refractivity contribution in [2.45, 2.75) is 98.8 Å². The van der Waals surface area contributed by atoms with E-state index in [9.17, 15) is 0 Å². The highest BCUT2D eigenvalue weighted by atomic mass is 15.2. The molecule has 0 saturated carbocycles. The summed E-state index contributed by atoms with van der Waals surface area (Å²) in [5.74, 6) is 0.878. The fourth-order valence-corrected chi connectivity index (χ4v) is 4.93. The Labute approximate surface area is 165 Å². The average Bonchev–Trinajstić information content (AvgIpc) is 2.95. The molecule has 0 aromatic carbocycles. The Morgan fingerprint density at radius 2 is 1.35 bits per heavy atom. The van der Waals surface area contributed by atoms with E-state index in [0.29, 0.717) is 10.8 Å². The molecule has 2 aliphatic heterocycles. The average molecular weight is 365 g/mol. The van der Waals surface area contributed by atoms with Gasteiger partial charge < -0.3 is 9.80 Å². The highest BCUT2D eigenvalue weighted by Crippen LogP contribution is 2.40. The molecule has 0 amide bonds. The van der Waals surface area contributed by atoms with Crippen molar-refractivity contribution in [3.05, 3.63) is 0 Å². The van der Waals surface area contributed by atoms with Crippen LogP contribution in [0.1, 0.15) is 98.8 Å². The zero-order valence-electron chi connectivity index (χ0n) is 18.8. The summed E-state index contributed by atoms with van der Waals surface area (Å²) < 4.78 is 0. The number of rotatable bonds is 10. The maximum atomic E-state index is 2.79. The molecule has 0 radical (unpaired) electrons. The van der Waals surface area contributed by atoms with E-state index in [4.69, 9.17) is 0 Å². The van der Waals surface area contributed by atoms with E-state index < -0.39 is 0 Å². The predicted molar refractivity (Wildman–Crippen MR) is 116 cm³/mol. The van der Waals surface area contributed by atoms with Gasteiger partial charge in [0.1, 0.15) is 0 Å². The lowest BCUT2D eigenvalue weighted by atomic mass is 9.77. The van der Waals surface area contributed by atoms with Gasteiger partial charge in [0, 0.05) is 6.54 Å². The molecule has 0 unspecified atom stereocenters. The maximum Gasteiger partial charge on any atom is 0.00394 e. The number of likely N-dealkylation sites (tertiary alicyclic amines) is 2. The number of unbranched alkanes of at least 4 members (excludes halogenated alkanes) is 3. The second-order valence-electron chi connectivity index (χ2n) is 11.1. The number of piperidine rings is 1. The van der Waals surface area contributed by atoms with Crippen molar-refractivity contribution in [3.63, 3.8) is 0 Å². The number of hydrogen-bond acceptors (Lipinski definition) is 2. The van der Waals surface area contributed by atoms with Gasteiger partial charge in [-0.15, -0.1) is 0 Å². The van der Waals surface area contributed by atoms with Crippen LogP contribution in [-0.2, 0) is 0 Å². The van der Waals surface area contributed by atoms with Crippen molar-refractivity contribution >= 4 is 0 Å². The molecule has 2 rings (SSSR count). The summed E-state index contributed by atoms with van der Waals surface area (Å²) >= 11 is 0. The van der Waals surface area contributed by atoms with Gasteiger partial charge in [0.25, 0.3) is 0 Å². The van der Waals surface area contributed by atoms with Crippen molar-refractivity contribution in [2.24, 2.45) is 16.7 Å². The first kappa shape index (κ1) is 22.2. The Balaban J connectivity index is 1.56. The van der Waals surface area contributed by atoms with E-state index in [-0.39, 0.29) is 0 Å². The summed E-state index contributed by atoms with van der Waals surface area (Å²) in [6, 6.07) is 0. The Hall–Kier alpha value is -0.0800. The van der Waals surface area contributed by atoms with E-state index >= 15 is 0 Å². The van der Waals surface area contributed by atoms with Gasteiger partial charge in [-0.25, -0.2) is 0 Å². The first-order chi connectivity index (χ1) is 12.3.